The summed E-state index contributed by atoms with van der Waals surface area (Å²) in [6.07, 6.45) is 0.565. The van der Waals surface area contributed by atoms with Crippen LogP contribution in [0, 0.1) is 3.57 Å². The Bertz CT molecular complexity index is 395. The molecular weight excluding hydrogens is 333 g/mol. The second-order valence-corrected chi connectivity index (χ2v) is 4.79. The quantitative estimate of drug-likeness (QED) is 0.798. The van der Waals surface area contributed by atoms with Crippen LogP contribution in [-0.4, -0.2) is 40.7 Å². The molecule has 94 valence electrons. The van der Waals surface area contributed by atoms with Crippen molar-refractivity contribution < 1.29 is 15.0 Å². The Hall–Kier alpha value is -0.820. The van der Waals surface area contributed by atoms with Crippen molar-refractivity contribution >= 4 is 28.5 Å². The van der Waals surface area contributed by atoms with Crippen LogP contribution in [0.25, 0.3) is 0 Å². The second-order valence-electron chi connectivity index (χ2n) is 3.63. The van der Waals surface area contributed by atoms with Crippen LogP contribution in [0.2, 0.25) is 0 Å². The minimum Gasteiger partial charge on any atom is -0.507 e. The van der Waals surface area contributed by atoms with E-state index in [0.717, 1.165) is 3.57 Å². The molecule has 0 saturated heterocycles. The Morgan fingerprint density at radius 2 is 2.18 bits per heavy atom. The molecule has 0 atom stereocenters. The predicted octanol–water partition coefficient (Wildman–Crippen LogP) is 1.84. The summed E-state index contributed by atoms with van der Waals surface area (Å²) in [5.41, 5.74) is 0.475. The number of carbonyl (C=O) groups excluding carboxylic acids is 1. The van der Waals surface area contributed by atoms with Crippen molar-refractivity contribution in [1.29, 1.82) is 0 Å². The number of phenolic OH excluding ortho intramolecular Hbond substituents is 1. The molecule has 0 bridgehead atoms. The summed E-state index contributed by atoms with van der Waals surface area (Å²) in [4.78, 5) is 13.7. The van der Waals surface area contributed by atoms with Crippen molar-refractivity contribution in [3.8, 4) is 5.75 Å². The van der Waals surface area contributed by atoms with Crippen LogP contribution < -0.4 is 0 Å². The monoisotopic (exact) mass is 349 g/mol. The minimum absolute atomic E-state index is 0.0711. The number of benzene rings is 1. The number of amides is 1. The fourth-order valence-electron chi connectivity index (χ4n) is 1.49. The Balaban J connectivity index is 2.82. The zero-order chi connectivity index (χ0) is 12.8. The van der Waals surface area contributed by atoms with Crippen LogP contribution in [0.15, 0.2) is 18.2 Å². The molecular formula is C12H16INO3. The van der Waals surface area contributed by atoms with Crippen molar-refractivity contribution in [2.24, 2.45) is 0 Å². The van der Waals surface area contributed by atoms with Gasteiger partial charge in [-0.2, -0.15) is 0 Å². The highest BCUT2D eigenvalue weighted by Gasteiger charge is 2.14. The summed E-state index contributed by atoms with van der Waals surface area (Å²) in [5.74, 6) is 0.00214. The summed E-state index contributed by atoms with van der Waals surface area (Å²) in [6.45, 7) is 3.08. The maximum absolute atomic E-state index is 12.1. The molecule has 0 unspecified atom stereocenters. The maximum Gasteiger partial charge on any atom is 0.253 e. The van der Waals surface area contributed by atoms with E-state index in [1.807, 2.05) is 29.5 Å². The molecule has 1 rings (SSSR count). The van der Waals surface area contributed by atoms with E-state index in [1.54, 1.807) is 17.0 Å². The number of hydrogen-bond donors (Lipinski definition) is 2. The predicted molar refractivity (Wildman–Crippen MR) is 74.1 cm³/mol. The van der Waals surface area contributed by atoms with Crippen LogP contribution >= 0.6 is 22.6 Å². The van der Waals surface area contributed by atoms with E-state index < -0.39 is 0 Å². The Morgan fingerprint density at radius 3 is 2.71 bits per heavy atom. The zero-order valence-electron chi connectivity index (χ0n) is 9.69. The van der Waals surface area contributed by atoms with Gasteiger partial charge in [0.15, 0.2) is 0 Å². The molecule has 17 heavy (non-hydrogen) atoms. The summed E-state index contributed by atoms with van der Waals surface area (Å²) in [5, 5.41) is 18.3. The largest absolute Gasteiger partial charge is 0.507 e. The van der Waals surface area contributed by atoms with E-state index in [4.69, 9.17) is 5.11 Å². The van der Waals surface area contributed by atoms with Crippen molar-refractivity contribution in [3.05, 3.63) is 27.3 Å². The molecule has 0 aliphatic rings. The van der Waals surface area contributed by atoms with Gasteiger partial charge in [-0.25, -0.2) is 0 Å². The molecule has 2 N–H and O–H groups in total. The molecule has 0 heterocycles. The third-order valence-corrected chi connectivity index (χ3v) is 3.36. The molecule has 0 aromatic heterocycles. The molecule has 0 aliphatic heterocycles. The fraction of sp³-hybridized carbons (Fsp3) is 0.417. The number of nitrogens with zero attached hydrogens (tertiary/aromatic N) is 1. The van der Waals surface area contributed by atoms with Crippen molar-refractivity contribution in [1.82, 2.24) is 4.90 Å². The maximum atomic E-state index is 12.1. The lowest BCUT2D eigenvalue weighted by atomic mass is 10.2. The topological polar surface area (TPSA) is 60.8 Å². The third-order valence-electron chi connectivity index (χ3n) is 2.45. The highest BCUT2D eigenvalue weighted by atomic mass is 127. The number of aliphatic hydroxyl groups is 1. The minimum atomic E-state index is -0.118. The zero-order valence-corrected chi connectivity index (χ0v) is 11.8. The third kappa shape index (κ3) is 3.85. The van der Waals surface area contributed by atoms with Crippen molar-refractivity contribution in [2.45, 2.75) is 13.3 Å². The molecule has 1 aromatic rings. The van der Waals surface area contributed by atoms with Gasteiger partial charge in [0.1, 0.15) is 5.75 Å². The highest BCUT2D eigenvalue weighted by molar-refractivity contribution is 14.1. The van der Waals surface area contributed by atoms with E-state index in [9.17, 15) is 9.90 Å². The smallest absolute Gasteiger partial charge is 0.253 e. The van der Waals surface area contributed by atoms with Crippen LogP contribution in [0.1, 0.15) is 23.7 Å². The van der Waals surface area contributed by atoms with Gasteiger partial charge in [-0.3, -0.25) is 4.79 Å². The first kappa shape index (κ1) is 14.2. The average Bonchev–Trinajstić information content (AvgIpc) is 2.33. The Kier molecular flexibility index (Phi) is 5.70. The number of halogens is 1. The van der Waals surface area contributed by atoms with Crippen molar-refractivity contribution in [3.63, 3.8) is 0 Å². The normalized spacial score (nSPS) is 10.3. The van der Waals surface area contributed by atoms with Gasteiger partial charge in [0.25, 0.3) is 5.91 Å². The number of hydrogen-bond acceptors (Lipinski definition) is 3. The second kappa shape index (κ2) is 6.80. The lowest BCUT2D eigenvalue weighted by molar-refractivity contribution is 0.0754. The van der Waals surface area contributed by atoms with Gasteiger partial charge in [0.2, 0.25) is 0 Å². The molecule has 0 saturated carbocycles. The average molecular weight is 349 g/mol. The Labute approximate surface area is 114 Å². The van der Waals surface area contributed by atoms with Crippen LogP contribution in [0.5, 0.6) is 5.75 Å². The number of aromatic hydroxyl groups is 1. The van der Waals surface area contributed by atoms with E-state index in [0.29, 0.717) is 25.1 Å². The molecule has 0 aliphatic carbocycles. The van der Waals surface area contributed by atoms with Crippen LogP contribution in [0.4, 0.5) is 0 Å². The van der Waals surface area contributed by atoms with E-state index >= 15 is 0 Å². The van der Waals surface area contributed by atoms with Gasteiger partial charge in [-0.15, -0.1) is 0 Å². The Morgan fingerprint density at radius 1 is 1.47 bits per heavy atom. The number of aliphatic hydroxyl groups excluding tert-OH is 1. The molecule has 0 radical (unpaired) electrons. The van der Waals surface area contributed by atoms with E-state index in [2.05, 4.69) is 0 Å². The first-order chi connectivity index (χ1) is 8.10. The van der Waals surface area contributed by atoms with Gasteiger partial charge in [0.05, 0.1) is 3.57 Å². The number of rotatable bonds is 5. The molecule has 1 aromatic carbocycles. The first-order valence-electron chi connectivity index (χ1n) is 5.48. The van der Waals surface area contributed by atoms with Gasteiger partial charge >= 0.3 is 0 Å². The molecule has 0 spiro atoms. The number of carbonyl (C=O) groups is 1. The molecule has 1 amide bonds. The first-order valence-corrected chi connectivity index (χ1v) is 6.56. The number of phenols is 1. The lowest BCUT2D eigenvalue weighted by Gasteiger charge is -2.20. The van der Waals surface area contributed by atoms with E-state index in [1.165, 1.54) is 6.07 Å². The van der Waals surface area contributed by atoms with Gasteiger partial charge < -0.3 is 15.1 Å². The fourth-order valence-corrected chi connectivity index (χ4v) is 1.83. The molecule has 5 heteroatoms. The lowest BCUT2D eigenvalue weighted by Crippen LogP contribution is -2.32. The summed E-state index contributed by atoms with van der Waals surface area (Å²) in [7, 11) is 0. The van der Waals surface area contributed by atoms with Crippen molar-refractivity contribution in [2.75, 3.05) is 19.7 Å². The standard InChI is InChI=1S/C12H16INO3/c1-2-14(6-3-7-15)12(17)9-4-5-10(13)11(16)8-9/h4-5,8,15-16H,2-3,6-7H2,1H3. The SMILES string of the molecule is CCN(CCCO)C(=O)c1ccc(I)c(O)c1. The van der Waals surface area contributed by atoms with Gasteiger partial charge in [0, 0.05) is 25.3 Å². The molecule has 4 nitrogen and oxygen atoms in total. The summed E-state index contributed by atoms with van der Waals surface area (Å²) in [6, 6.07) is 4.89. The van der Waals surface area contributed by atoms with Crippen LogP contribution in [0.3, 0.4) is 0 Å². The van der Waals surface area contributed by atoms with Crippen LogP contribution in [-0.2, 0) is 0 Å². The molecule has 0 fully saturated rings. The summed E-state index contributed by atoms with van der Waals surface area (Å²) >= 11 is 2.01. The summed E-state index contributed by atoms with van der Waals surface area (Å²) < 4.78 is 0.720. The van der Waals surface area contributed by atoms with Gasteiger partial charge in [-0.1, -0.05) is 0 Å². The van der Waals surface area contributed by atoms with E-state index in [-0.39, 0.29) is 18.3 Å². The highest BCUT2D eigenvalue weighted by Crippen LogP contribution is 2.21. The van der Waals surface area contributed by atoms with Gasteiger partial charge in [-0.05, 0) is 54.1 Å².